The van der Waals surface area contributed by atoms with E-state index in [1.165, 1.54) is 9.80 Å². The number of benzene rings is 2. The third-order valence-electron chi connectivity index (χ3n) is 5.15. The van der Waals surface area contributed by atoms with Gasteiger partial charge in [0.15, 0.2) is 13.3 Å². The minimum Gasteiger partial charge on any atom is -0.399 e. The molecule has 1 aliphatic rings. The fraction of sp³-hybridized carbons (Fsp3) is 0.391. The molecule has 2 aromatic rings. The molecule has 0 saturated heterocycles. The van der Waals surface area contributed by atoms with Crippen molar-refractivity contribution < 1.29 is 12.8 Å². The Morgan fingerprint density at radius 3 is 2.17 bits per heavy atom. The number of sulfone groups is 1. The number of thioether (sulfide) groups is 1. The van der Waals surface area contributed by atoms with Gasteiger partial charge in [-0.25, -0.2) is 8.42 Å². The second-order valence-electron chi connectivity index (χ2n) is 8.57. The minimum absolute atomic E-state index is 0.131. The summed E-state index contributed by atoms with van der Waals surface area (Å²) in [5.74, 6) is -0.131. The van der Waals surface area contributed by atoms with E-state index >= 15 is 0 Å². The van der Waals surface area contributed by atoms with Crippen LogP contribution in [0.5, 0.6) is 0 Å². The van der Waals surface area contributed by atoms with E-state index in [9.17, 15) is 8.42 Å². The van der Waals surface area contributed by atoms with E-state index in [2.05, 4.69) is 37.8 Å². The molecule has 0 saturated carbocycles. The molecule has 1 aliphatic carbocycles. The van der Waals surface area contributed by atoms with Crippen molar-refractivity contribution in [2.24, 2.45) is 5.92 Å². The summed E-state index contributed by atoms with van der Waals surface area (Å²) >= 11 is 1.73. The van der Waals surface area contributed by atoms with Crippen LogP contribution in [0.25, 0.3) is 0 Å². The molecular formula is C23H30O3S2Si. The fourth-order valence-corrected chi connectivity index (χ4v) is 9.21. The second kappa shape index (κ2) is 8.80. The first-order chi connectivity index (χ1) is 13.6. The zero-order valence-corrected chi connectivity index (χ0v) is 20.2. The summed E-state index contributed by atoms with van der Waals surface area (Å²) in [6, 6.07) is 19.0. The number of allylic oxidation sites excluding steroid dienone is 2. The largest absolute Gasteiger partial charge is 0.399 e. The molecule has 2 unspecified atom stereocenters. The molecule has 0 aromatic heterocycles. The molecule has 2 atom stereocenters. The van der Waals surface area contributed by atoms with Gasteiger partial charge in [-0.1, -0.05) is 61.2 Å². The maximum Gasteiger partial charge on any atom is 0.207 e. The van der Waals surface area contributed by atoms with E-state index in [1.54, 1.807) is 36.0 Å². The summed E-state index contributed by atoms with van der Waals surface area (Å²) < 4.78 is 34.3. The monoisotopic (exact) mass is 446 g/mol. The maximum absolute atomic E-state index is 13.9. The standard InChI is InChI=1S/C23H30O3S2Si/c1-19-15-16-21(27-20-11-7-5-8-12-20)17-18-23(19,26-29(2,3)4)28(24,25)22-13-9-6-10-14-22/h5-14,16,19H,15,17-18H2,1-4H3. The Balaban J connectivity index is 1.97. The zero-order chi connectivity index (χ0) is 21.1. The molecule has 0 radical (unpaired) electrons. The van der Waals surface area contributed by atoms with E-state index in [0.717, 1.165) is 0 Å². The third kappa shape index (κ3) is 5.05. The summed E-state index contributed by atoms with van der Waals surface area (Å²) in [4.78, 5) is 1.54. The molecular weight excluding hydrogens is 416 g/mol. The lowest BCUT2D eigenvalue weighted by Gasteiger charge is -2.42. The van der Waals surface area contributed by atoms with Gasteiger partial charge in [-0.3, -0.25) is 0 Å². The van der Waals surface area contributed by atoms with Crippen LogP contribution in [0.3, 0.4) is 0 Å². The van der Waals surface area contributed by atoms with Gasteiger partial charge in [0.25, 0.3) is 0 Å². The summed E-state index contributed by atoms with van der Waals surface area (Å²) in [5.41, 5.74) is 0. The van der Waals surface area contributed by atoms with Gasteiger partial charge in [-0.2, -0.15) is 0 Å². The summed E-state index contributed by atoms with van der Waals surface area (Å²) in [6.45, 7) is 8.23. The molecule has 0 spiro atoms. The van der Waals surface area contributed by atoms with Crippen molar-refractivity contribution in [3.05, 3.63) is 71.6 Å². The molecule has 3 rings (SSSR count). The van der Waals surface area contributed by atoms with Crippen molar-refractivity contribution in [1.29, 1.82) is 0 Å². The van der Waals surface area contributed by atoms with Crippen LogP contribution in [0, 0.1) is 5.92 Å². The van der Waals surface area contributed by atoms with E-state index < -0.39 is 23.1 Å². The fourth-order valence-electron chi connectivity index (χ4n) is 3.79. The predicted octanol–water partition coefficient (Wildman–Crippen LogP) is 6.50. The Bertz CT molecular complexity index is 951. The highest BCUT2D eigenvalue weighted by atomic mass is 32.2. The highest BCUT2D eigenvalue weighted by Crippen LogP contribution is 2.46. The Morgan fingerprint density at radius 2 is 1.59 bits per heavy atom. The van der Waals surface area contributed by atoms with Crippen molar-refractivity contribution in [2.75, 3.05) is 0 Å². The summed E-state index contributed by atoms with van der Waals surface area (Å²) in [5, 5.41) is 0. The van der Waals surface area contributed by atoms with E-state index in [1.807, 2.05) is 31.2 Å². The molecule has 2 aromatic carbocycles. The number of rotatable bonds is 6. The average Bonchev–Trinajstić information content (AvgIpc) is 2.83. The Morgan fingerprint density at radius 1 is 1.00 bits per heavy atom. The van der Waals surface area contributed by atoms with Gasteiger partial charge in [-0.05, 0) is 68.1 Å². The van der Waals surface area contributed by atoms with E-state index in [0.29, 0.717) is 24.2 Å². The molecule has 29 heavy (non-hydrogen) atoms. The smallest absolute Gasteiger partial charge is 0.207 e. The third-order valence-corrected chi connectivity index (χ3v) is 9.91. The van der Waals surface area contributed by atoms with Crippen molar-refractivity contribution in [2.45, 2.75) is 60.6 Å². The van der Waals surface area contributed by atoms with Crippen LogP contribution >= 0.6 is 11.8 Å². The Labute approximate surface area is 180 Å². The van der Waals surface area contributed by atoms with E-state index in [-0.39, 0.29) is 5.92 Å². The first kappa shape index (κ1) is 22.3. The first-order valence-electron chi connectivity index (χ1n) is 10.1. The number of hydrogen-bond donors (Lipinski definition) is 0. The quantitative estimate of drug-likeness (QED) is 0.475. The van der Waals surface area contributed by atoms with Crippen molar-refractivity contribution in [1.82, 2.24) is 0 Å². The lowest BCUT2D eigenvalue weighted by molar-refractivity contribution is 0.0824. The van der Waals surface area contributed by atoms with Gasteiger partial charge in [-0.15, -0.1) is 0 Å². The maximum atomic E-state index is 13.9. The molecule has 156 valence electrons. The molecule has 0 amide bonds. The highest BCUT2D eigenvalue weighted by Gasteiger charge is 2.52. The van der Waals surface area contributed by atoms with Gasteiger partial charge in [0.2, 0.25) is 9.84 Å². The Kier molecular flexibility index (Phi) is 6.78. The van der Waals surface area contributed by atoms with Crippen LogP contribution in [0.1, 0.15) is 26.2 Å². The van der Waals surface area contributed by atoms with Crippen LogP contribution in [0.15, 0.2) is 81.4 Å². The van der Waals surface area contributed by atoms with Gasteiger partial charge < -0.3 is 4.43 Å². The molecule has 0 heterocycles. The summed E-state index contributed by atoms with van der Waals surface area (Å²) in [6.07, 6.45) is 4.06. The second-order valence-corrected chi connectivity index (χ2v) is 16.4. The molecule has 0 bridgehead atoms. The van der Waals surface area contributed by atoms with Crippen LogP contribution in [0.2, 0.25) is 19.6 Å². The van der Waals surface area contributed by atoms with Crippen molar-refractivity contribution >= 4 is 29.9 Å². The van der Waals surface area contributed by atoms with Crippen LogP contribution in [-0.4, -0.2) is 21.7 Å². The SMILES string of the molecule is CC1CC=C(Sc2ccccc2)CCC1(O[Si](C)(C)C)S(=O)(=O)c1ccccc1. The first-order valence-corrected chi connectivity index (χ1v) is 15.8. The normalized spacial score (nSPS) is 23.3. The molecule has 3 nitrogen and oxygen atoms in total. The van der Waals surface area contributed by atoms with Crippen molar-refractivity contribution in [3.8, 4) is 0 Å². The van der Waals surface area contributed by atoms with Crippen LogP contribution < -0.4 is 0 Å². The average molecular weight is 447 g/mol. The summed E-state index contributed by atoms with van der Waals surface area (Å²) in [7, 11) is -5.78. The lowest BCUT2D eigenvalue weighted by Crippen LogP contribution is -2.52. The minimum atomic E-state index is -3.66. The molecule has 0 fully saturated rings. The highest BCUT2D eigenvalue weighted by molar-refractivity contribution is 8.03. The molecule has 0 N–H and O–H groups in total. The lowest BCUT2D eigenvalue weighted by atomic mass is 9.99. The van der Waals surface area contributed by atoms with Gasteiger partial charge >= 0.3 is 0 Å². The van der Waals surface area contributed by atoms with Gasteiger partial charge in [0, 0.05) is 10.8 Å². The zero-order valence-electron chi connectivity index (χ0n) is 17.6. The van der Waals surface area contributed by atoms with Gasteiger partial charge in [0.05, 0.1) is 4.90 Å². The van der Waals surface area contributed by atoms with Crippen molar-refractivity contribution in [3.63, 3.8) is 0 Å². The molecule has 0 aliphatic heterocycles. The Hall–Kier alpha value is -1.34. The van der Waals surface area contributed by atoms with Gasteiger partial charge in [0.1, 0.15) is 0 Å². The van der Waals surface area contributed by atoms with E-state index in [4.69, 9.17) is 4.43 Å². The molecule has 6 heteroatoms. The predicted molar refractivity (Wildman–Crippen MR) is 124 cm³/mol. The van der Waals surface area contributed by atoms with Crippen LogP contribution in [-0.2, 0) is 14.3 Å². The number of hydrogen-bond acceptors (Lipinski definition) is 4. The topological polar surface area (TPSA) is 43.4 Å². The van der Waals surface area contributed by atoms with Crippen LogP contribution in [0.4, 0.5) is 0 Å².